The molecule has 2 saturated heterocycles. The summed E-state index contributed by atoms with van der Waals surface area (Å²) in [5.41, 5.74) is 6.87. The van der Waals surface area contributed by atoms with Gasteiger partial charge in [-0.15, -0.1) is 0 Å². The number of alkyl carbamates (subject to hydrolysis) is 1. The lowest BCUT2D eigenvalue weighted by molar-refractivity contribution is -0.156. The zero-order valence-electron chi connectivity index (χ0n) is 28.0. The van der Waals surface area contributed by atoms with Gasteiger partial charge in [-0.2, -0.15) is 17.4 Å². The number of carbonyl (C=O) groups excluding carboxylic acids is 2. The largest absolute Gasteiger partial charge is 0.457 e. The first-order valence-electron chi connectivity index (χ1n) is 15.7. The van der Waals surface area contributed by atoms with Crippen molar-refractivity contribution in [3.8, 4) is 0 Å². The molecular formula is C30H47BN6O8S. The Hall–Kier alpha value is -2.88. The van der Waals surface area contributed by atoms with Gasteiger partial charge in [0.1, 0.15) is 11.7 Å². The van der Waals surface area contributed by atoms with E-state index in [-0.39, 0.29) is 6.54 Å². The molecule has 254 valence electrons. The van der Waals surface area contributed by atoms with Crippen molar-refractivity contribution in [1.82, 2.24) is 14.3 Å². The minimum absolute atomic E-state index is 0.0799. The van der Waals surface area contributed by atoms with Crippen molar-refractivity contribution in [3.05, 3.63) is 46.3 Å². The molecule has 0 unspecified atom stereocenters. The summed E-state index contributed by atoms with van der Waals surface area (Å²) < 4.78 is 54.3. The standard InChI is InChI=1S/C30H47BN6O8S/c1-20(21-13-10-9-11-14-21)42-25(38)30(35-36-32)19-37(18-22(30)15-12-16-31-44-28(5,6)29(7,8)45-31)46(40,41)34-24-17-23(24)33-26(39)43-27(2,3)4/h9-11,13-14,20,22-24,34H,12,15-19H2,1-8H3,(H,33,39)/t20-,22+,23-,24-,30+/m1/s1. The second-order valence-electron chi connectivity index (χ2n) is 14.4. The Morgan fingerprint density at radius 2 is 1.78 bits per heavy atom. The molecule has 0 radical (unpaired) electrons. The number of azide groups is 1. The Kier molecular flexibility index (Phi) is 10.4. The molecular weight excluding hydrogens is 615 g/mol. The van der Waals surface area contributed by atoms with Gasteiger partial charge in [-0.25, -0.2) is 4.79 Å². The monoisotopic (exact) mass is 662 g/mol. The predicted molar refractivity (Wildman–Crippen MR) is 172 cm³/mol. The van der Waals surface area contributed by atoms with Crippen molar-refractivity contribution >= 4 is 29.4 Å². The SMILES string of the molecule is C[C@@H](OC(=O)[C@]1(N=[N+]=[N-])CN(S(=O)(=O)N[C@@H]2C[C@H]2NC(=O)OC(C)(C)C)C[C@@H]1CCCB1OC(C)(C)C(C)(C)O1)c1ccccc1. The Morgan fingerprint density at radius 3 is 2.37 bits per heavy atom. The fourth-order valence-corrected chi connectivity index (χ4v) is 7.25. The summed E-state index contributed by atoms with van der Waals surface area (Å²) in [6.45, 7) is 14.3. The van der Waals surface area contributed by atoms with E-state index < -0.39 is 82.4 Å². The first kappa shape index (κ1) is 36.0. The molecule has 5 atom stereocenters. The molecule has 0 bridgehead atoms. The van der Waals surface area contributed by atoms with E-state index in [0.29, 0.717) is 25.6 Å². The third-order valence-corrected chi connectivity index (χ3v) is 10.6. The van der Waals surface area contributed by atoms with Crippen LogP contribution in [0.15, 0.2) is 35.4 Å². The first-order chi connectivity index (χ1) is 21.3. The maximum Gasteiger partial charge on any atom is 0.457 e. The van der Waals surface area contributed by atoms with Crippen LogP contribution in [0.4, 0.5) is 4.79 Å². The van der Waals surface area contributed by atoms with Gasteiger partial charge in [-0.05, 0) is 91.6 Å². The number of rotatable bonds is 12. The summed E-state index contributed by atoms with van der Waals surface area (Å²) in [5.74, 6) is -1.48. The second kappa shape index (κ2) is 13.3. The van der Waals surface area contributed by atoms with Gasteiger partial charge in [-0.3, -0.25) is 4.79 Å². The van der Waals surface area contributed by atoms with E-state index in [1.165, 1.54) is 0 Å². The zero-order valence-corrected chi connectivity index (χ0v) is 28.8. The maximum atomic E-state index is 13.9. The van der Waals surface area contributed by atoms with E-state index in [9.17, 15) is 23.5 Å². The van der Waals surface area contributed by atoms with E-state index in [1.54, 1.807) is 27.7 Å². The molecule has 1 aromatic carbocycles. The quantitative estimate of drug-likeness (QED) is 0.107. The molecule has 4 rings (SSSR count). The Bertz CT molecular complexity index is 1420. The number of nitrogens with zero attached hydrogens (tertiary/aromatic N) is 4. The van der Waals surface area contributed by atoms with Gasteiger partial charge in [0.2, 0.25) is 0 Å². The average Bonchev–Trinajstić information content (AvgIpc) is 3.44. The highest BCUT2D eigenvalue weighted by Crippen LogP contribution is 2.41. The molecule has 2 N–H and O–H groups in total. The van der Waals surface area contributed by atoms with Gasteiger partial charge in [0.05, 0.1) is 17.2 Å². The number of amides is 1. The molecule has 1 saturated carbocycles. The molecule has 3 aliphatic rings. The summed E-state index contributed by atoms with van der Waals surface area (Å²) in [7, 11) is -4.63. The van der Waals surface area contributed by atoms with Crippen molar-refractivity contribution in [2.75, 3.05) is 13.1 Å². The predicted octanol–water partition coefficient (Wildman–Crippen LogP) is 4.64. The molecule has 3 fully saturated rings. The molecule has 1 amide bonds. The number of ether oxygens (including phenoxy) is 2. The van der Waals surface area contributed by atoms with Crippen LogP contribution in [0.2, 0.25) is 6.32 Å². The smallest absolute Gasteiger partial charge is 0.457 e. The number of hydrogen-bond acceptors (Lipinski definition) is 9. The van der Waals surface area contributed by atoms with Gasteiger partial charge < -0.3 is 24.1 Å². The molecule has 1 aromatic rings. The fraction of sp³-hybridized carbons (Fsp3) is 0.733. The molecule has 2 aliphatic heterocycles. The molecule has 46 heavy (non-hydrogen) atoms. The molecule has 2 heterocycles. The van der Waals surface area contributed by atoms with Crippen molar-refractivity contribution in [2.24, 2.45) is 11.0 Å². The highest BCUT2D eigenvalue weighted by molar-refractivity contribution is 7.87. The van der Waals surface area contributed by atoms with Gasteiger partial charge in [-0.1, -0.05) is 41.9 Å². The fourth-order valence-electron chi connectivity index (χ4n) is 5.72. The van der Waals surface area contributed by atoms with Crippen LogP contribution >= 0.6 is 0 Å². The lowest BCUT2D eigenvalue weighted by Crippen LogP contribution is -2.48. The third kappa shape index (κ3) is 8.34. The summed E-state index contributed by atoms with van der Waals surface area (Å²) >= 11 is 0. The molecule has 1 aliphatic carbocycles. The van der Waals surface area contributed by atoms with E-state index in [1.807, 2.05) is 58.0 Å². The summed E-state index contributed by atoms with van der Waals surface area (Å²) in [6.07, 6.45) is 0.422. The number of carbonyl (C=O) groups is 2. The van der Waals surface area contributed by atoms with Crippen molar-refractivity contribution in [3.63, 3.8) is 0 Å². The van der Waals surface area contributed by atoms with Crippen LogP contribution in [-0.2, 0) is 33.8 Å². The van der Waals surface area contributed by atoms with Crippen molar-refractivity contribution < 1.29 is 36.8 Å². The highest BCUT2D eigenvalue weighted by Gasteiger charge is 2.57. The first-order valence-corrected chi connectivity index (χ1v) is 17.2. The van der Waals surface area contributed by atoms with Crippen molar-refractivity contribution in [2.45, 2.75) is 122 Å². The van der Waals surface area contributed by atoms with Crippen molar-refractivity contribution in [1.29, 1.82) is 0 Å². The summed E-state index contributed by atoms with van der Waals surface area (Å²) in [5, 5.41) is 6.63. The number of nitrogens with one attached hydrogen (secondary N) is 2. The molecule has 14 nitrogen and oxygen atoms in total. The highest BCUT2D eigenvalue weighted by atomic mass is 32.2. The summed E-state index contributed by atoms with van der Waals surface area (Å²) in [6, 6.07) is 8.11. The Labute approximate surface area is 272 Å². The van der Waals surface area contributed by atoms with Gasteiger partial charge in [0.15, 0.2) is 5.54 Å². The van der Waals surface area contributed by atoms with Crippen LogP contribution < -0.4 is 10.0 Å². The van der Waals surface area contributed by atoms with E-state index in [4.69, 9.17) is 18.8 Å². The summed E-state index contributed by atoms with van der Waals surface area (Å²) in [4.78, 5) is 29.1. The number of esters is 1. The normalized spacial score (nSPS) is 27.8. The Morgan fingerprint density at radius 1 is 1.15 bits per heavy atom. The van der Waals surface area contributed by atoms with E-state index in [0.717, 1.165) is 9.87 Å². The van der Waals surface area contributed by atoms with E-state index >= 15 is 0 Å². The van der Waals surface area contributed by atoms with Crippen LogP contribution in [0, 0.1) is 5.92 Å². The lowest BCUT2D eigenvalue weighted by Gasteiger charge is -2.32. The van der Waals surface area contributed by atoms with Gasteiger partial charge in [0, 0.05) is 24.0 Å². The maximum absolute atomic E-state index is 13.9. The average molecular weight is 663 g/mol. The number of hydrogen-bond donors (Lipinski definition) is 2. The van der Waals surface area contributed by atoms with Gasteiger partial charge >= 0.3 is 19.2 Å². The Balaban J connectivity index is 1.50. The van der Waals surface area contributed by atoms with Crippen LogP contribution in [0.25, 0.3) is 10.4 Å². The minimum Gasteiger partial charge on any atom is -0.457 e. The minimum atomic E-state index is -4.16. The van der Waals surface area contributed by atoms with E-state index in [2.05, 4.69) is 20.1 Å². The van der Waals surface area contributed by atoms with Crippen LogP contribution in [0.1, 0.15) is 86.3 Å². The molecule has 16 heteroatoms. The third-order valence-electron chi connectivity index (χ3n) is 9.07. The molecule has 0 spiro atoms. The second-order valence-corrected chi connectivity index (χ2v) is 16.1. The lowest BCUT2D eigenvalue weighted by atomic mass is 9.78. The zero-order chi connectivity index (χ0) is 34.1. The molecule has 0 aromatic heterocycles. The topological polar surface area (TPSA) is 181 Å². The van der Waals surface area contributed by atoms with Crippen LogP contribution in [0.5, 0.6) is 0 Å². The van der Waals surface area contributed by atoms with Crippen LogP contribution in [-0.4, -0.2) is 79.4 Å². The van der Waals surface area contributed by atoms with Gasteiger partial charge in [0.25, 0.3) is 10.2 Å². The number of benzene rings is 1. The van der Waals surface area contributed by atoms with Crippen LogP contribution in [0.3, 0.4) is 0 Å².